The molecule has 1 atom stereocenters. The number of H-pyrrole nitrogens is 1. The predicted molar refractivity (Wildman–Crippen MR) is 221 cm³/mol. The van der Waals surface area contributed by atoms with Crippen LogP contribution < -0.4 is 25.7 Å². The Bertz CT molecular complexity index is 2160. The van der Waals surface area contributed by atoms with Gasteiger partial charge in [-0.05, 0) is 95.8 Å². The van der Waals surface area contributed by atoms with Crippen LogP contribution in [0, 0.1) is 0 Å². The Hall–Kier alpha value is -5.15. The SMILES string of the molecule is COc1ccc(Nc2ccc(CCNC[C@H](O[Si](C)(C)C(C)(C)C)c3ccc(OCc4ccccc4)c4[nH]c(=O)ccc34)cc2)cc1-c1ccccc1. The van der Waals surface area contributed by atoms with E-state index >= 15 is 0 Å². The average Bonchev–Trinajstić information content (AvgIpc) is 3.16. The van der Waals surface area contributed by atoms with Gasteiger partial charge in [0.15, 0.2) is 8.32 Å². The van der Waals surface area contributed by atoms with E-state index in [9.17, 15) is 4.79 Å². The van der Waals surface area contributed by atoms with Gasteiger partial charge >= 0.3 is 0 Å². The lowest BCUT2D eigenvalue weighted by atomic mass is 10.0. The summed E-state index contributed by atoms with van der Waals surface area (Å²) in [5, 5.41) is 8.20. The van der Waals surface area contributed by atoms with Gasteiger partial charge in [0.2, 0.25) is 5.56 Å². The van der Waals surface area contributed by atoms with Gasteiger partial charge in [0, 0.05) is 34.9 Å². The summed E-state index contributed by atoms with van der Waals surface area (Å²) in [4.78, 5) is 15.6. The Morgan fingerprint density at radius 1 is 0.755 bits per heavy atom. The summed E-state index contributed by atoms with van der Waals surface area (Å²) in [5.74, 6) is 1.49. The molecule has 274 valence electrons. The largest absolute Gasteiger partial charge is 0.496 e. The number of ether oxygens (including phenoxy) is 2. The molecule has 0 aliphatic heterocycles. The molecule has 3 N–H and O–H groups in total. The number of aromatic amines is 1. The fraction of sp³-hybridized carbons (Fsp3) is 0.267. The molecule has 0 saturated carbocycles. The van der Waals surface area contributed by atoms with Crippen molar-refractivity contribution in [2.75, 3.05) is 25.5 Å². The van der Waals surface area contributed by atoms with E-state index < -0.39 is 8.32 Å². The van der Waals surface area contributed by atoms with Gasteiger partial charge in [0.1, 0.15) is 18.1 Å². The quantitative estimate of drug-likeness (QED) is 0.0722. The highest BCUT2D eigenvalue weighted by Crippen LogP contribution is 2.41. The second-order valence-corrected chi connectivity index (χ2v) is 19.7. The van der Waals surface area contributed by atoms with Crippen LogP contribution in [0.15, 0.2) is 132 Å². The van der Waals surface area contributed by atoms with Crippen LogP contribution in [0.1, 0.15) is 43.6 Å². The Morgan fingerprint density at radius 3 is 2.13 bits per heavy atom. The molecule has 7 nitrogen and oxygen atoms in total. The van der Waals surface area contributed by atoms with Crippen molar-refractivity contribution in [3.8, 4) is 22.6 Å². The minimum atomic E-state index is -2.17. The van der Waals surface area contributed by atoms with Crippen molar-refractivity contribution in [1.29, 1.82) is 0 Å². The molecule has 0 aliphatic carbocycles. The Labute approximate surface area is 314 Å². The molecule has 5 aromatic carbocycles. The zero-order valence-electron chi connectivity index (χ0n) is 31.7. The van der Waals surface area contributed by atoms with Gasteiger partial charge in [-0.3, -0.25) is 4.79 Å². The van der Waals surface area contributed by atoms with Crippen LogP contribution in [-0.2, 0) is 17.5 Å². The molecule has 1 heterocycles. The maximum Gasteiger partial charge on any atom is 0.248 e. The predicted octanol–water partition coefficient (Wildman–Crippen LogP) is 10.4. The van der Waals surface area contributed by atoms with Crippen LogP contribution in [-0.4, -0.2) is 33.5 Å². The highest BCUT2D eigenvalue weighted by atomic mass is 28.4. The minimum Gasteiger partial charge on any atom is -0.496 e. The van der Waals surface area contributed by atoms with E-state index in [1.54, 1.807) is 13.2 Å². The minimum absolute atomic E-state index is 0.0266. The summed E-state index contributed by atoms with van der Waals surface area (Å²) in [6.45, 7) is 13.2. The van der Waals surface area contributed by atoms with Gasteiger partial charge < -0.3 is 29.5 Å². The van der Waals surface area contributed by atoms with E-state index in [1.807, 2.05) is 72.8 Å². The molecule has 0 amide bonds. The standard InChI is InChI=1S/C45H51N3O4Si/c1-45(2,3)53(5,6)52-42(37-22-25-41(44-38(37)23-26-43(49)48-44)51-31-33-13-9-7-10-14-33)30-46-28-27-32-17-19-35(20-18-32)47-36-21-24-40(50-4)39(29-36)34-15-11-8-12-16-34/h7-26,29,42,46-47H,27-28,30-31H2,1-6H3,(H,48,49)/t42-/m0/s1. The second-order valence-electron chi connectivity index (χ2n) is 15.0. The van der Waals surface area contributed by atoms with Crippen molar-refractivity contribution in [2.24, 2.45) is 0 Å². The first kappa shape index (κ1) is 37.6. The van der Waals surface area contributed by atoms with E-state index in [0.717, 1.165) is 57.7 Å². The van der Waals surface area contributed by atoms with Crippen LogP contribution in [0.25, 0.3) is 22.0 Å². The molecule has 0 radical (unpaired) electrons. The van der Waals surface area contributed by atoms with Gasteiger partial charge in [-0.1, -0.05) is 99.6 Å². The first-order valence-corrected chi connectivity index (χ1v) is 21.2. The number of fused-ring (bicyclic) bond motifs is 1. The van der Waals surface area contributed by atoms with Crippen LogP contribution in [0.2, 0.25) is 18.1 Å². The van der Waals surface area contributed by atoms with Gasteiger partial charge in [0.25, 0.3) is 0 Å². The average molecular weight is 726 g/mol. The summed E-state index contributed by atoms with van der Waals surface area (Å²) in [5.41, 5.74) is 8.04. The summed E-state index contributed by atoms with van der Waals surface area (Å²) in [6.07, 6.45) is 0.651. The molecule has 53 heavy (non-hydrogen) atoms. The van der Waals surface area contributed by atoms with Gasteiger partial charge in [-0.25, -0.2) is 0 Å². The summed E-state index contributed by atoms with van der Waals surface area (Å²) in [6, 6.07) is 42.6. The third-order valence-electron chi connectivity index (χ3n) is 10.2. The summed E-state index contributed by atoms with van der Waals surface area (Å²) < 4.78 is 19.0. The Balaban J connectivity index is 1.14. The molecule has 0 aliphatic rings. The molecule has 0 bridgehead atoms. The smallest absolute Gasteiger partial charge is 0.248 e. The monoisotopic (exact) mass is 725 g/mol. The highest BCUT2D eigenvalue weighted by Gasteiger charge is 2.39. The van der Waals surface area contributed by atoms with E-state index in [1.165, 1.54) is 5.56 Å². The summed E-state index contributed by atoms with van der Waals surface area (Å²) >= 11 is 0. The number of nitrogens with one attached hydrogen (secondary N) is 3. The molecule has 6 aromatic rings. The van der Waals surface area contributed by atoms with Gasteiger partial charge in [0.05, 0.1) is 18.7 Å². The lowest BCUT2D eigenvalue weighted by Gasteiger charge is -2.39. The maximum atomic E-state index is 12.5. The summed E-state index contributed by atoms with van der Waals surface area (Å²) in [7, 11) is -0.466. The third-order valence-corrected chi connectivity index (χ3v) is 14.7. The first-order valence-electron chi connectivity index (χ1n) is 18.3. The van der Waals surface area contributed by atoms with Crippen LogP contribution in [0.4, 0.5) is 11.4 Å². The Morgan fingerprint density at radius 2 is 1.43 bits per heavy atom. The lowest BCUT2D eigenvalue weighted by molar-refractivity contribution is 0.182. The van der Waals surface area contributed by atoms with Crippen molar-refractivity contribution in [2.45, 2.75) is 58.0 Å². The first-order chi connectivity index (χ1) is 25.5. The van der Waals surface area contributed by atoms with Crippen molar-refractivity contribution in [3.05, 3.63) is 154 Å². The van der Waals surface area contributed by atoms with Crippen LogP contribution in [0.5, 0.6) is 11.5 Å². The number of anilines is 2. The van der Waals surface area contributed by atoms with Crippen LogP contribution >= 0.6 is 0 Å². The number of pyridine rings is 1. The fourth-order valence-electron chi connectivity index (χ4n) is 6.15. The molecule has 0 fully saturated rings. The van der Waals surface area contributed by atoms with E-state index in [-0.39, 0.29) is 16.7 Å². The molecular formula is C45H51N3O4Si. The molecule has 1 aromatic heterocycles. The third kappa shape index (κ3) is 9.45. The van der Waals surface area contributed by atoms with Gasteiger partial charge in [-0.15, -0.1) is 0 Å². The molecule has 0 saturated heterocycles. The molecular weight excluding hydrogens is 675 g/mol. The van der Waals surface area contributed by atoms with Crippen molar-refractivity contribution in [3.63, 3.8) is 0 Å². The molecule has 0 spiro atoms. The van der Waals surface area contributed by atoms with Crippen LogP contribution in [0.3, 0.4) is 0 Å². The number of methoxy groups -OCH3 is 1. The maximum absolute atomic E-state index is 12.5. The van der Waals surface area contributed by atoms with Crippen molar-refractivity contribution < 1.29 is 13.9 Å². The normalized spacial score (nSPS) is 12.4. The lowest BCUT2D eigenvalue weighted by Crippen LogP contribution is -2.43. The highest BCUT2D eigenvalue weighted by molar-refractivity contribution is 6.74. The fourth-order valence-corrected chi connectivity index (χ4v) is 7.42. The molecule has 0 unspecified atom stereocenters. The zero-order chi connectivity index (χ0) is 37.4. The zero-order valence-corrected chi connectivity index (χ0v) is 32.7. The van der Waals surface area contributed by atoms with Gasteiger partial charge in [-0.2, -0.15) is 0 Å². The van der Waals surface area contributed by atoms with Crippen molar-refractivity contribution >= 4 is 30.6 Å². The van der Waals surface area contributed by atoms with E-state index in [2.05, 4.69) is 98.0 Å². The number of hydrogen-bond donors (Lipinski definition) is 3. The van der Waals surface area contributed by atoms with E-state index in [0.29, 0.717) is 24.4 Å². The topological polar surface area (TPSA) is 84.6 Å². The molecule has 8 heteroatoms. The number of benzene rings is 5. The Kier molecular flexibility index (Phi) is 11.8. The second kappa shape index (κ2) is 16.7. The number of aromatic nitrogens is 1. The molecule has 6 rings (SSSR count). The number of rotatable bonds is 15. The number of hydrogen-bond acceptors (Lipinski definition) is 6. The van der Waals surface area contributed by atoms with Crippen molar-refractivity contribution in [1.82, 2.24) is 10.3 Å². The van der Waals surface area contributed by atoms with E-state index in [4.69, 9.17) is 13.9 Å².